The molecule has 112 valence electrons. The Bertz CT molecular complexity index is 596. The van der Waals surface area contributed by atoms with Crippen LogP contribution in [0.5, 0.6) is 0 Å². The molecule has 20 heavy (non-hydrogen) atoms. The van der Waals surface area contributed by atoms with E-state index < -0.39 is 15.8 Å². The smallest absolute Gasteiger partial charge is 0.245 e. The third-order valence-corrected chi connectivity index (χ3v) is 5.82. The summed E-state index contributed by atoms with van der Waals surface area (Å²) in [4.78, 5) is 1.80. The Morgan fingerprint density at radius 2 is 2.15 bits per heavy atom. The van der Waals surface area contributed by atoms with Crippen molar-refractivity contribution in [2.75, 3.05) is 33.2 Å². The Balaban J connectivity index is 2.41. The Morgan fingerprint density at radius 1 is 1.45 bits per heavy atom. The minimum Gasteiger partial charge on any atom is -0.329 e. The van der Waals surface area contributed by atoms with Gasteiger partial charge in [-0.15, -0.1) is 0 Å². The van der Waals surface area contributed by atoms with Crippen LogP contribution < -0.4 is 5.73 Å². The van der Waals surface area contributed by atoms with E-state index in [2.05, 4.69) is 0 Å². The van der Waals surface area contributed by atoms with Gasteiger partial charge in [0.15, 0.2) is 0 Å². The highest BCUT2D eigenvalue weighted by Crippen LogP contribution is 2.27. The van der Waals surface area contributed by atoms with Gasteiger partial charge in [0.2, 0.25) is 10.0 Å². The van der Waals surface area contributed by atoms with Crippen LogP contribution in [0.1, 0.15) is 0 Å². The van der Waals surface area contributed by atoms with Crippen LogP contribution in [-0.4, -0.2) is 56.9 Å². The first-order chi connectivity index (χ1) is 9.36. The number of hydrogen-bond donors (Lipinski definition) is 1. The summed E-state index contributed by atoms with van der Waals surface area (Å²) in [5.41, 5.74) is 5.66. The number of piperazine rings is 1. The van der Waals surface area contributed by atoms with E-state index in [4.69, 9.17) is 17.3 Å². The van der Waals surface area contributed by atoms with E-state index in [-0.39, 0.29) is 22.5 Å². The van der Waals surface area contributed by atoms with Crippen molar-refractivity contribution in [2.45, 2.75) is 10.9 Å². The summed E-state index contributed by atoms with van der Waals surface area (Å²) in [6.07, 6.45) is 0. The molecule has 1 heterocycles. The predicted octanol–water partition coefficient (Wildman–Crippen LogP) is 0.743. The highest BCUT2D eigenvalue weighted by molar-refractivity contribution is 7.89. The minimum absolute atomic E-state index is 0.0149. The highest BCUT2D eigenvalue weighted by atomic mass is 35.5. The van der Waals surface area contributed by atoms with Crippen molar-refractivity contribution < 1.29 is 12.8 Å². The first-order valence-electron chi connectivity index (χ1n) is 6.21. The summed E-state index contributed by atoms with van der Waals surface area (Å²) in [5.74, 6) is -0.633. The van der Waals surface area contributed by atoms with E-state index in [1.807, 2.05) is 11.9 Å². The lowest BCUT2D eigenvalue weighted by atomic mass is 10.2. The van der Waals surface area contributed by atoms with Gasteiger partial charge in [0.05, 0.1) is 11.1 Å². The van der Waals surface area contributed by atoms with Crippen molar-refractivity contribution in [1.29, 1.82) is 0 Å². The molecular weight excluding hydrogens is 305 g/mol. The molecule has 1 saturated heterocycles. The van der Waals surface area contributed by atoms with Gasteiger partial charge in [-0.05, 0) is 25.2 Å². The minimum atomic E-state index is -3.85. The number of nitrogens with zero attached hydrogens (tertiary/aromatic N) is 2. The Kier molecular flexibility index (Phi) is 4.66. The zero-order chi connectivity index (χ0) is 14.9. The van der Waals surface area contributed by atoms with Gasteiger partial charge in [-0.25, -0.2) is 12.8 Å². The average molecular weight is 322 g/mol. The van der Waals surface area contributed by atoms with Gasteiger partial charge in [-0.2, -0.15) is 4.31 Å². The number of rotatable bonds is 3. The fourth-order valence-electron chi connectivity index (χ4n) is 2.30. The average Bonchev–Trinajstić information content (AvgIpc) is 2.40. The van der Waals surface area contributed by atoms with E-state index in [9.17, 15) is 12.8 Å². The topological polar surface area (TPSA) is 66.6 Å². The number of hydrogen-bond acceptors (Lipinski definition) is 4. The van der Waals surface area contributed by atoms with Gasteiger partial charge < -0.3 is 10.6 Å². The van der Waals surface area contributed by atoms with Crippen LogP contribution in [0.4, 0.5) is 4.39 Å². The third kappa shape index (κ3) is 2.96. The lowest BCUT2D eigenvalue weighted by molar-refractivity contribution is 0.164. The quantitative estimate of drug-likeness (QED) is 0.892. The van der Waals surface area contributed by atoms with Gasteiger partial charge in [0.1, 0.15) is 10.7 Å². The van der Waals surface area contributed by atoms with Gasteiger partial charge in [-0.1, -0.05) is 11.6 Å². The molecule has 1 aliphatic heterocycles. The normalized spacial score (nSPS) is 22.1. The van der Waals surface area contributed by atoms with Crippen molar-refractivity contribution in [3.63, 3.8) is 0 Å². The van der Waals surface area contributed by atoms with Crippen LogP contribution in [-0.2, 0) is 10.0 Å². The SMILES string of the molecule is CN1CCN(S(=O)(=O)c2cc(F)ccc2Cl)C(CN)C1. The maximum atomic E-state index is 13.3. The van der Waals surface area contributed by atoms with E-state index in [0.29, 0.717) is 19.6 Å². The number of nitrogens with two attached hydrogens (primary N) is 1. The second kappa shape index (κ2) is 5.95. The summed E-state index contributed by atoms with van der Waals surface area (Å²) in [6, 6.07) is 2.99. The molecule has 0 aromatic heterocycles. The number of likely N-dealkylation sites (N-methyl/N-ethyl adjacent to an activating group) is 1. The van der Waals surface area contributed by atoms with Crippen molar-refractivity contribution in [3.05, 3.63) is 29.0 Å². The molecule has 1 aromatic rings. The molecule has 0 spiro atoms. The highest BCUT2D eigenvalue weighted by Gasteiger charge is 2.35. The second-order valence-electron chi connectivity index (χ2n) is 4.84. The molecule has 1 atom stereocenters. The summed E-state index contributed by atoms with van der Waals surface area (Å²) >= 11 is 5.91. The molecular formula is C12H17ClFN3O2S. The fourth-order valence-corrected chi connectivity index (χ4v) is 4.41. The molecule has 0 aliphatic carbocycles. The second-order valence-corrected chi connectivity index (χ2v) is 7.11. The van der Waals surface area contributed by atoms with Crippen molar-refractivity contribution in [1.82, 2.24) is 9.21 Å². The van der Waals surface area contributed by atoms with Gasteiger partial charge in [0.25, 0.3) is 0 Å². The summed E-state index contributed by atoms with van der Waals surface area (Å²) in [5, 5.41) is 0.0149. The van der Waals surface area contributed by atoms with E-state index in [1.54, 1.807) is 0 Å². The fraction of sp³-hybridized carbons (Fsp3) is 0.500. The molecule has 0 radical (unpaired) electrons. The predicted molar refractivity (Wildman–Crippen MR) is 75.6 cm³/mol. The first-order valence-corrected chi connectivity index (χ1v) is 8.03. The van der Waals surface area contributed by atoms with Gasteiger partial charge >= 0.3 is 0 Å². The molecule has 1 unspecified atom stereocenters. The van der Waals surface area contributed by atoms with Crippen LogP contribution in [0.3, 0.4) is 0 Å². The van der Waals surface area contributed by atoms with E-state index in [0.717, 1.165) is 12.1 Å². The van der Waals surface area contributed by atoms with Crippen LogP contribution >= 0.6 is 11.6 Å². The molecule has 0 bridgehead atoms. The van der Waals surface area contributed by atoms with E-state index >= 15 is 0 Å². The molecule has 8 heteroatoms. The van der Waals surface area contributed by atoms with Crippen molar-refractivity contribution in [2.24, 2.45) is 5.73 Å². The summed E-state index contributed by atoms with van der Waals surface area (Å²) in [7, 11) is -1.94. The maximum absolute atomic E-state index is 13.3. The third-order valence-electron chi connectivity index (χ3n) is 3.38. The van der Waals surface area contributed by atoms with Crippen LogP contribution in [0.2, 0.25) is 5.02 Å². The zero-order valence-corrected chi connectivity index (χ0v) is 12.7. The molecule has 1 fully saturated rings. The molecule has 0 saturated carbocycles. The Labute approximate surface area is 123 Å². The monoisotopic (exact) mass is 321 g/mol. The van der Waals surface area contributed by atoms with Crippen molar-refractivity contribution in [3.8, 4) is 0 Å². The summed E-state index contributed by atoms with van der Waals surface area (Å²) < 4.78 is 39.9. The molecule has 2 N–H and O–H groups in total. The molecule has 5 nitrogen and oxygen atoms in total. The molecule has 1 aromatic carbocycles. The zero-order valence-electron chi connectivity index (χ0n) is 11.1. The Morgan fingerprint density at radius 3 is 2.80 bits per heavy atom. The van der Waals surface area contributed by atoms with Gasteiger partial charge in [-0.3, -0.25) is 0 Å². The number of sulfonamides is 1. The maximum Gasteiger partial charge on any atom is 0.245 e. The standard InChI is InChI=1S/C12H17ClFN3O2S/c1-16-4-5-17(10(7-15)8-16)20(18,19)12-6-9(14)2-3-11(12)13/h2-3,6,10H,4-5,7-8,15H2,1H3. The van der Waals surface area contributed by atoms with Crippen LogP contribution in [0.15, 0.2) is 23.1 Å². The lowest BCUT2D eigenvalue weighted by Gasteiger charge is -2.38. The molecule has 2 rings (SSSR count). The largest absolute Gasteiger partial charge is 0.329 e. The lowest BCUT2D eigenvalue weighted by Crippen LogP contribution is -2.56. The number of benzene rings is 1. The summed E-state index contributed by atoms with van der Waals surface area (Å²) in [6.45, 7) is 1.66. The first kappa shape index (κ1) is 15.7. The van der Waals surface area contributed by atoms with E-state index in [1.165, 1.54) is 10.4 Å². The molecule has 0 amide bonds. The van der Waals surface area contributed by atoms with Gasteiger partial charge in [0, 0.05) is 26.2 Å². The molecule has 1 aliphatic rings. The Hall–Kier alpha value is -0.730. The number of halogens is 2. The van der Waals surface area contributed by atoms with Crippen LogP contribution in [0, 0.1) is 5.82 Å². The van der Waals surface area contributed by atoms with Crippen molar-refractivity contribution >= 4 is 21.6 Å². The van der Waals surface area contributed by atoms with Crippen LogP contribution in [0.25, 0.3) is 0 Å².